The third-order valence-electron chi connectivity index (χ3n) is 9.32. The van der Waals surface area contributed by atoms with Gasteiger partial charge < -0.3 is 10.2 Å². The molecule has 4 aromatic rings. The number of aryl methyl sites for hydroxylation is 4. The largest absolute Gasteiger partial charge is 0.352 e. The minimum atomic E-state index is -4.15. The average molecular weight is 666 g/mol. The monoisotopic (exact) mass is 665 g/mol. The van der Waals surface area contributed by atoms with Gasteiger partial charge in [-0.2, -0.15) is 0 Å². The SMILES string of the molecule is Cc1ccc(S(=O)(=O)N(CC(=O)N(Cc2cccc(C)c2)[C@H](Cc2ccccc2)C(=O)NC2CCCCC2)c2ccc(C)c(C)c2)cc1. The quantitative estimate of drug-likeness (QED) is 0.173. The summed E-state index contributed by atoms with van der Waals surface area (Å²) in [6.07, 6.45) is 5.38. The first kappa shape index (κ1) is 34.9. The molecule has 1 fully saturated rings. The van der Waals surface area contributed by atoms with Gasteiger partial charge >= 0.3 is 0 Å². The summed E-state index contributed by atoms with van der Waals surface area (Å²) in [4.78, 5) is 30.7. The average Bonchev–Trinajstić information content (AvgIpc) is 3.07. The standard InChI is InChI=1S/C40H47N3O4S/c1-29-18-22-37(23-19-29)48(46,47)43(36-21-20-31(3)32(4)25-36)28-39(44)42(27-34-15-11-12-30(2)24-34)38(26-33-13-7-5-8-14-33)40(45)41-35-16-9-6-10-17-35/h5,7-8,11-15,18-25,35,38H,6,9-10,16-17,26-28H2,1-4H3,(H,41,45)/t38-/m1/s1. The molecule has 0 saturated heterocycles. The molecule has 2 amide bonds. The molecule has 1 saturated carbocycles. The molecule has 5 rings (SSSR count). The molecular weight excluding hydrogens is 619 g/mol. The van der Waals surface area contributed by atoms with E-state index in [9.17, 15) is 18.0 Å². The van der Waals surface area contributed by atoms with Crippen LogP contribution in [0.5, 0.6) is 0 Å². The van der Waals surface area contributed by atoms with E-state index >= 15 is 0 Å². The van der Waals surface area contributed by atoms with Gasteiger partial charge in [0, 0.05) is 19.0 Å². The zero-order chi connectivity index (χ0) is 34.3. The van der Waals surface area contributed by atoms with Crippen LogP contribution in [-0.2, 0) is 32.6 Å². The number of rotatable bonds is 12. The smallest absolute Gasteiger partial charge is 0.264 e. The lowest BCUT2D eigenvalue weighted by atomic mass is 9.94. The molecule has 0 heterocycles. The number of anilines is 1. The number of benzene rings is 4. The van der Waals surface area contributed by atoms with Gasteiger partial charge in [0.15, 0.2) is 0 Å². The summed E-state index contributed by atoms with van der Waals surface area (Å²) < 4.78 is 29.9. The predicted molar refractivity (Wildman–Crippen MR) is 192 cm³/mol. The molecule has 7 nitrogen and oxygen atoms in total. The minimum Gasteiger partial charge on any atom is -0.352 e. The van der Waals surface area contributed by atoms with Crippen molar-refractivity contribution in [3.8, 4) is 0 Å². The van der Waals surface area contributed by atoms with Crippen LogP contribution in [-0.4, -0.2) is 43.8 Å². The van der Waals surface area contributed by atoms with Crippen LogP contribution in [0.25, 0.3) is 0 Å². The third kappa shape index (κ3) is 8.72. The lowest BCUT2D eigenvalue weighted by Crippen LogP contribution is -2.55. The molecule has 0 unspecified atom stereocenters. The van der Waals surface area contributed by atoms with Crippen LogP contribution < -0.4 is 9.62 Å². The van der Waals surface area contributed by atoms with Crippen molar-refractivity contribution in [1.29, 1.82) is 0 Å². The maximum atomic E-state index is 14.8. The van der Waals surface area contributed by atoms with E-state index in [1.807, 2.05) is 88.4 Å². The first-order chi connectivity index (χ1) is 23.0. The van der Waals surface area contributed by atoms with Gasteiger partial charge in [0.1, 0.15) is 12.6 Å². The van der Waals surface area contributed by atoms with Crippen molar-refractivity contribution >= 4 is 27.5 Å². The molecule has 8 heteroatoms. The van der Waals surface area contributed by atoms with E-state index in [1.54, 1.807) is 41.3 Å². The lowest BCUT2D eigenvalue weighted by molar-refractivity contribution is -0.140. The van der Waals surface area contributed by atoms with Crippen LogP contribution in [0.1, 0.15) is 65.5 Å². The molecular formula is C40H47N3O4S. The van der Waals surface area contributed by atoms with E-state index in [2.05, 4.69) is 5.32 Å². The van der Waals surface area contributed by atoms with Gasteiger partial charge in [0.2, 0.25) is 11.8 Å². The highest BCUT2D eigenvalue weighted by molar-refractivity contribution is 7.92. The predicted octanol–water partition coefficient (Wildman–Crippen LogP) is 7.20. The summed E-state index contributed by atoms with van der Waals surface area (Å²) in [6, 6.07) is 28.8. The zero-order valence-electron chi connectivity index (χ0n) is 28.5. The molecule has 252 valence electrons. The van der Waals surface area contributed by atoms with E-state index in [0.29, 0.717) is 12.1 Å². The van der Waals surface area contributed by atoms with E-state index in [4.69, 9.17) is 0 Å². The van der Waals surface area contributed by atoms with Crippen LogP contribution in [0.3, 0.4) is 0 Å². The van der Waals surface area contributed by atoms with Gasteiger partial charge in [-0.1, -0.05) is 103 Å². The van der Waals surface area contributed by atoms with Crippen molar-refractivity contribution in [3.05, 3.63) is 130 Å². The molecule has 0 radical (unpaired) electrons. The topological polar surface area (TPSA) is 86.8 Å². The summed E-state index contributed by atoms with van der Waals surface area (Å²) in [6.45, 7) is 7.46. The fourth-order valence-electron chi connectivity index (χ4n) is 6.35. The summed E-state index contributed by atoms with van der Waals surface area (Å²) in [5.41, 5.74) is 6.07. The van der Waals surface area contributed by atoms with Crippen molar-refractivity contribution in [2.75, 3.05) is 10.8 Å². The van der Waals surface area contributed by atoms with Crippen LogP contribution in [0.4, 0.5) is 5.69 Å². The second-order valence-corrected chi connectivity index (χ2v) is 15.0. The fourth-order valence-corrected chi connectivity index (χ4v) is 7.76. The molecule has 1 N–H and O–H groups in total. The van der Waals surface area contributed by atoms with Crippen molar-refractivity contribution in [3.63, 3.8) is 0 Å². The van der Waals surface area contributed by atoms with Gasteiger partial charge in [0.25, 0.3) is 10.0 Å². The Morgan fingerprint density at radius 2 is 1.44 bits per heavy atom. The van der Waals surface area contributed by atoms with Gasteiger partial charge in [0.05, 0.1) is 10.6 Å². The number of carbonyl (C=O) groups excluding carboxylic acids is 2. The number of hydrogen-bond acceptors (Lipinski definition) is 4. The number of amides is 2. The lowest BCUT2D eigenvalue weighted by Gasteiger charge is -2.35. The zero-order valence-corrected chi connectivity index (χ0v) is 29.3. The highest BCUT2D eigenvalue weighted by atomic mass is 32.2. The molecule has 0 spiro atoms. The first-order valence-corrected chi connectivity index (χ1v) is 18.3. The number of sulfonamides is 1. The second-order valence-electron chi connectivity index (χ2n) is 13.2. The molecule has 1 aliphatic rings. The maximum Gasteiger partial charge on any atom is 0.264 e. The number of nitrogens with one attached hydrogen (secondary N) is 1. The summed E-state index contributed by atoms with van der Waals surface area (Å²) >= 11 is 0. The van der Waals surface area contributed by atoms with Gasteiger partial charge in [-0.15, -0.1) is 0 Å². The van der Waals surface area contributed by atoms with Gasteiger partial charge in [-0.05, 0) is 87.1 Å². The van der Waals surface area contributed by atoms with Crippen molar-refractivity contribution < 1.29 is 18.0 Å². The summed E-state index contributed by atoms with van der Waals surface area (Å²) in [7, 11) is -4.15. The van der Waals surface area contributed by atoms with E-state index < -0.39 is 28.5 Å². The van der Waals surface area contributed by atoms with Crippen molar-refractivity contribution in [2.45, 2.75) is 89.7 Å². The van der Waals surface area contributed by atoms with E-state index in [-0.39, 0.29) is 23.4 Å². The Morgan fingerprint density at radius 3 is 2.10 bits per heavy atom. The van der Waals surface area contributed by atoms with E-state index in [1.165, 1.54) is 4.31 Å². The Hall–Kier alpha value is -4.43. The van der Waals surface area contributed by atoms with Crippen LogP contribution in [0, 0.1) is 27.7 Å². The van der Waals surface area contributed by atoms with Crippen LogP contribution in [0.2, 0.25) is 0 Å². The Balaban J connectivity index is 1.58. The minimum absolute atomic E-state index is 0.0504. The molecule has 4 aromatic carbocycles. The highest BCUT2D eigenvalue weighted by Crippen LogP contribution is 2.27. The first-order valence-electron chi connectivity index (χ1n) is 16.9. The van der Waals surface area contributed by atoms with Gasteiger partial charge in [-0.3, -0.25) is 13.9 Å². The number of nitrogens with zero attached hydrogens (tertiary/aromatic N) is 2. The molecule has 1 atom stereocenters. The summed E-state index contributed by atoms with van der Waals surface area (Å²) in [5.74, 6) is -0.670. The molecule has 0 aromatic heterocycles. The Kier molecular flexibility index (Phi) is 11.4. The molecule has 0 bridgehead atoms. The fraction of sp³-hybridized carbons (Fsp3) is 0.350. The number of hydrogen-bond donors (Lipinski definition) is 1. The van der Waals surface area contributed by atoms with Crippen molar-refractivity contribution in [1.82, 2.24) is 10.2 Å². The summed E-state index contributed by atoms with van der Waals surface area (Å²) in [5, 5.41) is 3.27. The van der Waals surface area contributed by atoms with Gasteiger partial charge in [-0.25, -0.2) is 8.42 Å². The Morgan fingerprint density at radius 1 is 0.750 bits per heavy atom. The maximum absolute atomic E-state index is 14.8. The molecule has 0 aliphatic heterocycles. The Labute approximate surface area is 286 Å². The highest BCUT2D eigenvalue weighted by Gasteiger charge is 2.35. The van der Waals surface area contributed by atoms with Crippen molar-refractivity contribution in [2.24, 2.45) is 0 Å². The second kappa shape index (κ2) is 15.6. The van der Waals surface area contributed by atoms with Crippen LogP contribution in [0.15, 0.2) is 102 Å². The number of carbonyl (C=O) groups is 2. The third-order valence-corrected chi connectivity index (χ3v) is 11.1. The normalized spacial score (nSPS) is 14.2. The molecule has 48 heavy (non-hydrogen) atoms. The van der Waals surface area contributed by atoms with Crippen LogP contribution >= 0.6 is 0 Å². The van der Waals surface area contributed by atoms with E-state index in [0.717, 1.165) is 65.5 Å². The molecule has 1 aliphatic carbocycles. The Bertz CT molecular complexity index is 1820.